The third-order valence-corrected chi connectivity index (χ3v) is 2.69. The largest absolute Gasteiger partial charge is 0.504 e. The Hall–Kier alpha value is -1.30. The van der Waals surface area contributed by atoms with E-state index in [1.54, 1.807) is 12.1 Å². The zero-order valence-corrected chi connectivity index (χ0v) is 10.7. The van der Waals surface area contributed by atoms with Crippen LogP contribution in [-0.2, 0) is 4.74 Å². The van der Waals surface area contributed by atoms with E-state index in [9.17, 15) is 10.2 Å². The van der Waals surface area contributed by atoms with Crippen LogP contribution in [0.25, 0.3) is 0 Å². The number of phenols is 1. The number of hydrogen-bond acceptors (Lipinski definition) is 5. The summed E-state index contributed by atoms with van der Waals surface area (Å²) in [5, 5.41) is 28.7. The second-order valence-electron chi connectivity index (χ2n) is 3.88. The van der Waals surface area contributed by atoms with Crippen LogP contribution in [0.3, 0.4) is 0 Å². The molecule has 0 aliphatic carbocycles. The molecule has 0 bridgehead atoms. The quantitative estimate of drug-likeness (QED) is 0.683. The number of ether oxygens (including phenoxy) is 2. The fourth-order valence-corrected chi connectivity index (χ4v) is 1.78. The zero-order valence-electron chi connectivity index (χ0n) is 10.7. The van der Waals surface area contributed by atoms with Crippen LogP contribution in [-0.4, -0.2) is 41.7 Å². The molecule has 5 heteroatoms. The minimum absolute atomic E-state index is 0.0340. The minimum atomic E-state index is -0.895. The molecule has 102 valence electrons. The number of methoxy groups -OCH3 is 1. The average molecular weight is 256 g/mol. The molecule has 0 amide bonds. The Morgan fingerprint density at radius 1 is 1.33 bits per heavy atom. The van der Waals surface area contributed by atoms with Crippen LogP contribution in [0.2, 0.25) is 0 Å². The van der Waals surface area contributed by atoms with Crippen LogP contribution in [0.4, 0.5) is 0 Å². The van der Waals surface area contributed by atoms with Gasteiger partial charge in [0.15, 0.2) is 11.5 Å². The molecule has 0 fully saturated rings. The highest BCUT2D eigenvalue weighted by atomic mass is 16.5. The summed E-state index contributed by atoms with van der Waals surface area (Å²) in [5.41, 5.74) is 0.528. The van der Waals surface area contributed by atoms with Crippen molar-refractivity contribution in [2.75, 3.05) is 20.3 Å². The van der Waals surface area contributed by atoms with Gasteiger partial charge in [0.05, 0.1) is 13.2 Å². The van der Waals surface area contributed by atoms with E-state index in [0.29, 0.717) is 24.3 Å². The predicted octanol–water partition coefficient (Wildman–Crippen LogP) is 1.22. The van der Waals surface area contributed by atoms with Gasteiger partial charge in [0.2, 0.25) is 0 Å². The Labute approximate surface area is 107 Å². The molecule has 0 aromatic heterocycles. The average Bonchev–Trinajstić information content (AvgIpc) is 2.37. The molecule has 3 N–H and O–H groups in total. The van der Waals surface area contributed by atoms with E-state index in [1.807, 2.05) is 6.92 Å². The maximum Gasteiger partial charge on any atom is 0.160 e. The SMILES string of the molecule is CCO[C@H](CCO)[C@H](O)c1ccc(OC)c(O)c1. The first-order valence-corrected chi connectivity index (χ1v) is 5.91. The lowest BCUT2D eigenvalue weighted by atomic mass is 10.0. The molecule has 1 aromatic rings. The first-order valence-electron chi connectivity index (χ1n) is 5.91. The normalized spacial score (nSPS) is 14.2. The predicted molar refractivity (Wildman–Crippen MR) is 66.7 cm³/mol. The Bertz CT molecular complexity index is 360. The van der Waals surface area contributed by atoms with Gasteiger partial charge in [0.25, 0.3) is 0 Å². The molecule has 2 atom stereocenters. The van der Waals surface area contributed by atoms with Crippen molar-refractivity contribution in [1.82, 2.24) is 0 Å². The summed E-state index contributed by atoms with van der Waals surface area (Å²) in [4.78, 5) is 0. The van der Waals surface area contributed by atoms with E-state index < -0.39 is 12.2 Å². The summed E-state index contributed by atoms with van der Waals surface area (Å²) in [5.74, 6) is 0.314. The zero-order chi connectivity index (χ0) is 13.5. The van der Waals surface area contributed by atoms with Crippen molar-refractivity contribution >= 4 is 0 Å². The Morgan fingerprint density at radius 2 is 2.06 bits per heavy atom. The summed E-state index contributed by atoms with van der Waals surface area (Å²) in [6.45, 7) is 2.20. The van der Waals surface area contributed by atoms with Crippen molar-refractivity contribution in [3.8, 4) is 11.5 Å². The van der Waals surface area contributed by atoms with Crippen LogP contribution in [0, 0.1) is 0 Å². The highest BCUT2D eigenvalue weighted by molar-refractivity contribution is 5.42. The van der Waals surface area contributed by atoms with Gasteiger partial charge in [-0.15, -0.1) is 0 Å². The Morgan fingerprint density at radius 3 is 2.56 bits per heavy atom. The highest BCUT2D eigenvalue weighted by Gasteiger charge is 2.21. The molecule has 0 spiro atoms. The van der Waals surface area contributed by atoms with E-state index in [2.05, 4.69) is 0 Å². The molecular formula is C13H20O5. The Kier molecular flexibility index (Phi) is 5.91. The number of phenolic OH excluding ortho intramolecular Hbond substituents is 1. The molecule has 5 nitrogen and oxygen atoms in total. The lowest BCUT2D eigenvalue weighted by Gasteiger charge is -2.22. The maximum absolute atomic E-state index is 10.1. The molecule has 18 heavy (non-hydrogen) atoms. The molecule has 0 unspecified atom stereocenters. The fraction of sp³-hybridized carbons (Fsp3) is 0.538. The van der Waals surface area contributed by atoms with Crippen LogP contribution >= 0.6 is 0 Å². The molecule has 0 saturated carbocycles. The molecule has 1 rings (SSSR count). The number of aliphatic hydroxyl groups is 2. The Balaban J connectivity index is 2.86. The van der Waals surface area contributed by atoms with Gasteiger partial charge < -0.3 is 24.8 Å². The third-order valence-electron chi connectivity index (χ3n) is 2.69. The van der Waals surface area contributed by atoms with E-state index in [1.165, 1.54) is 13.2 Å². The van der Waals surface area contributed by atoms with E-state index in [-0.39, 0.29) is 12.4 Å². The number of aromatic hydroxyl groups is 1. The van der Waals surface area contributed by atoms with Gasteiger partial charge in [-0.25, -0.2) is 0 Å². The van der Waals surface area contributed by atoms with Gasteiger partial charge in [0.1, 0.15) is 6.10 Å². The van der Waals surface area contributed by atoms with E-state index >= 15 is 0 Å². The third kappa shape index (κ3) is 3.60. The van der Waals surface area contributed by atoms with Gasteiger partial charge in [-0.05, 0) is 31.0 Å². The topological polar surface area (TPSA) is 79.2 Å². The van der Waals surface area contributed by atoms with Gasteiger partial charge in [-0.2, -0.15) is 0 Å². The number of aliphatic hydroxyl groups excluding tert-OH is 2. The van der Waals surface area contributed by atoms with Crippen LogP contribution < -0.4 is 4.74 Å². The van der Waals surface area contributed by atoms with Crippen LogP contribution in [0.1, 0.15) is 25.0 Å². The van der Waals surface area contributed by atoms with Crippen molar-refractivity contribution in [3.63, 3.8) is 0 Å². The number of rotatable bonds is 7. The van der Waals surface area contributed by atoms with Crippen molar-refractivity contribution in [2.45, 2.75) is 25.6 Å². The lowest BCUT2D eigenvalue weighted by molar-refractivity contribution is -0.0449. The van der Waals surface area contributed by atoms with Crippen molar-refractivity contribution in [2.24, 2.45) is 0 Å². The molecular weight excluding hydrogens is 236 g/mol. The number of benzene rings is 1. The molecule has 0 aliphatic rings. The molecule has 0 saturated heterocycles. The van der Waals surface area contributed by atoms with Gasteiger partial charge >= 0.3 is 0 Å². The van der Waals surface area contributed by atoms with E-state index in [0.717, 1.165) is 0 Å². The molecule has 0 aliphatic heterocycles. The number of hydrogen-bond donors (Lipinski definition) is 3. The fourth-order valence-electron chi connectivity index (χ4n) is 1.78. The minimum Gasteiger partial charge on any atom is -0.504 e. The highest BCUT2D eigenvalue weighted by Crippen LogP contribution is 2.31. The first kappa shape index (κ1) is 14.8. The van der Waals surface area contributed by atoms with Gasteiger partial charge in [0, 0.05) is 13.2 Å². The van der Waals surface area contributed by atoms with E-state index in [4.69, 9.17) is 14.6 Å². The van der Waals surface area contributed by atoms with Crippen molar-refractivity contribution < 1.29 is 24.8 Å². The van der Waals surface area contributed by atoms with Crippen molar-refractivity contribution in [3.05, 3.63) is 23.8 Å². The molecule has 0 radical (unpaired) electrons. The summed E-state index contributed by atoms with van der Waals surface area (Å²) in [6, 6.07) is 4.68. The summed E-state index contributed by atoms with van der Waals surface area (Å²) in [7, 11) is 1.46. The first-order chi connectivity index (χ1) is 8.63. The van der Waals surface area contributed by atoms with Gasteiger partial charge in [-0.1, -0.05) is 6.07 Å². The van der Waals surface area contributed by atoms with Crippen molar-refractivity contribution in [1.29, 1.82) is 0 Å². The molecule has 0 heterocycles. The summed E-state index contributed by atoms with van der Waals surface area (Å²) in [6.07, 6.45) is -1.05. The standard InChI is InChI=1S/C13H20O5/c1-3-18-12(6-7-14)13(16)9-4-5-11(17-2)10(15)8-9/h4-5,8,12-16H,3,6-7H2,1-2H3/t12-,13-/m1/s1. The van der Waals surface area contributed by atoms with Gasteiger partial charge in [-0.3, -0.25) is 0 Å². The van der Waals surface area contributed by atoms with Crippen LogP contribution in [0.15, 0.2) is 18.2 Å². The summed E-state index contributed by atoms with van der Waals surface area (Å²) < 4.78 is 10.3. The second-order valence-corrected chi connectivity index (χ2v) is 3.88. The lowest BCUT2D eigenvalue weighted by Crippen LogP contribution is -2.23. The second kappa shape index (κ2) is 7.20. The van der Waals surface area contributed by atoms with Crippen LogP contribution in [0.5, 0.6) is 11.5 Å². The summed E-state index contributed by atoms with van der Waals surface area (Å²) >= 11 is 0. The molecule has 1 aromatic carbocycles. The smallest absolute Gasteiger partial charge is 0.160 e. The monoisotopic (exact) mass is 256 g/mol. The maximum atomic E-state index is 10.1.